The van der Waals surface area contributed by atoms with E-state index in [9.17, 15) is 0 Å². The maximum absolute atomic E-state index is 4.42. The van der Waals surface area contributed by atoms with Crippen LogP contribution in [0, 0.1) is 0 Å². The van der Waals surface area contributed by atoms with Gasteiger partial charge in [0, 0.05) is 23.3 Å². The van der Waals surface area contributed by atoms with Crippen LogP contribution in [0.4, 0.5) is 0 Å². The number of hydrogen-bond donors (Lipinski definition) is 1. The summed E-state index contributed by atoms with van der Waals surface area (Å²) in [4.78, 5) is 4.42. The molecule has 0 unspecified atom stereocenters. The second-order valence-corrected chi connectivity index (χ2v) is 5.26. The molecule has 0 fully saturated rings. The number of benzene rings is 1. The minimum absolute atomic E-state index is 0.968. The van der Waals surface area contributed by atoms with Gasteiger partial charge in [0.05, 0.1) is 0 Å². The summed E-state index contributed by atoms with van der Waals surface area (Å²) in [6.45, 7) is 2.03. The lowest BCUT2D eigenvalue weighted by Crippen LogP contribution is -2.26. The van der Waals surface area contributed by atoms with Gasteiger partial charge in [-0.1, -0.05) is 39.8 Å². The zero-order valence-electron chi connectivity index (χ0n) is 8.37. The zero-order valence-corrected chi connectivity index (χ0v) is 10.8. The van der Waals surface area contributed by atoms with Crippen molar-refractivity contribution in [3.63, 3.8) is 0 Å². The molecule has 0 saturated heterocycles. The molecule has 1 aliphatic rings. The van der Waals surface area contributed by atoms with Crippen LogP contribution >= 0.6 is 27.7 Å². The molecule has 2 rings (SSSR count). The van der Waals surface area contributed by atoms with Crippen molar-refractivity contribution in [1.29, 1.82) is 0 Å². The third-order valence-corrected chi connectivity index (χ3v) is 3.71. The van der Waals surface area contributed by atoms with Crippen molar-refractivity contribution >= 4 is 32.9 Å². The van der Waals surface area contributed by atoms with Crippen LogP contribution in [-0.2, 0) is 5.75 Å². The fourth-order valence-electron chi connectivity index (χ4n) is 1.34. The van der Waals surface area contributed by atoms with Crippen LogP contribution in [0.15, 0.2) is 33.7 Å². The van der Waals surface area contributed by atoms with Crippen LogP contribution in [0.25, 0.3) is 0 Å². The molecule has 0 bridgehead atoms. The molecule has 80 valence electrons. The molecule has 2 nitrogen and oxygen atoms in total. The first-order valence-corrected chi connectivity index (χ1v) is 6.78. The van der Waals surface area contributed by atoms with E-state index in [0.717, 1.165) is 34.9 Å². The fourth-order valence-corrected chi connectivity index (χ4v) is 2.49. The molecule has 1 heterocycles. The van der Waals surface area contributed by atoms with Gasteiger partial charge in [-0.15, -0.1) is 0 Å². The zero-order chi connectivity index (χ0) is 10.5. The summed E-state index contributed by atoms with van der Waals surface area (Å²) >= 11 is 5.21. The van der Waals surface area contributed by atoms with Gasteiger partial charge >= 0.3 is 0 Å². The van der Waals surface area contributed by atoms with Gasteiger partial charge in [-0.3, -0.25) is 4.99 Å². The molecule has 1 aromatic rings. The highest BCUT2D eigenvalue weighted by Crippen LogP contribution is 2.17. The summed E-state index contributed by atoms with van der Waals surface area (Å²) in [5, 5.41) is 4.39. The van der Waals surface area contributed by atoms with Crippen LogP contribution in [-0.4, -0.2) is 18.3 Å². The second kappa shape index (κ2) is 5.56. The predicted molar refractivity (Wildman–Crippen MR) is 70.4 cm³/mol. The molecule has 0 spiro atoms. The van der Waals surface area contributed by atoms with E-state index in [0.29, 0.717) is 0 Å². The van der Waals surface area contributed by atoms with Gasteiger partial charge in [-0.25, -0.2) is 0 Å². The Bertz CT molecular complexity index is 348. The second-order valence-electron chi connectivity index (χ2n) is 3.38. The first-order chi connectivity index (χ1) is 7.34. The van der Waals surface area contributed by atoms with E-state index in [4.69, 9.17) is 0 Å². The van der Waals surface area contributed by atoms with E-state index in [1.807, 2.05) is 0 Å². The molecule has 0 atom stereocenters. The van der Waals surface area contributed by atoms with Gasteiger partial charge in [-0.05, 0) is 24.1 Å². The maximum atomic E-state index is 4.42. The molecule has 0 saturated carbocycles. The lowest BCUT2D eigenvalue weighted by atomic mass is 10.2. The highest BCUT2D eigenvalue weighted by molar-refractivity contribution is 9.10. The fraction of sp³-hybridized carbons (Fsp3) is 0.364. The molecule has 1 aromatic carbocycles. The SMILES string of the molecule is Brc1ccc(CSC2=NCCCN2)cc1. The van der Waals surface area contributed by atoms with Gasteiger partial charge in [0.1, 0.15) is 0 Å². The van der Waals surface area contributed by atoms with Crippen molar-refractivity contribution in [2.45, 2.75) is 12.2 Å². The number of thioether (sulfide) groups is 1. The summed E-state index contributed by atoms with van der Waals surface area (Å²) in [6.07, 6.45) is 1.16. The van der Waals surface area contributed by atoms with Crippen molar-refractivity contribution in [2.75, 3.05) is 13.1 Å². The van der Waals surface area contributed by atoms with Crippen LogP contribution in [0.5, 0.6) is 0 Å². The lowest BCUT2D eigenvalue weighted by molar-refractivity contribution is 0.751. The number of nitrogens with one attached hydrogen (secondary N) is 1. The van der Waals surface area contributed by atoms with Crippen molar-refractivity contribution in [3.05, 3.63) is 34.3 Å². The van der Waals surface area contributed by atoms with Crippen molar-refractivity contribution in [2.24, 2.45) is 4.99 Å². The van der Waals surface area contributed by atoms with Crippen molar-refractivity contribution in [1.82, 2.24) is 5.32 Å². The first-order valence-electron chi connectivity index (χ1n) is 5.00. The molecule has 15 heavy (non-hydrogen) atoms. The van der Waals surface area contributed by atoms with E-state index in [1.54, 1.807) is 11.8 Å². The van der Waals surface area contributed by atoms with Crippen LogP contribution in [0.3, 0.4) is 0 Å². The monoisotopic (exact) mass is 284 g/mol. The minimum atomic E-state index is 0.968. The number of nitrogens with zero attached hydrogens (tertiary/aromatic N) is 1. The van der Waals surface area contributed by atoms with E-state index in [-0.39, 0.29) is 0 Å². The number of aliphatic imine (C=N–C) groups is 1. The van der Waals surface area contributed by atoms with Crippen molar-refractivity contribution in [3.8, 4) is 0 Å². The summed E-state index contributed by atoms with van der Waals surface area (Å²) in [7, 11) is 0. The Morgan fingerprint density at radius 3 is 2.80 bits per heavy atom. The molecule has 1 aliphatic heterocycles. The third-order valence-electron chi connectivity index (χ3n) is 2.16. The normalized spacial score (nSPS) is 15.7. The lowest BCUT2D eigenvalue weighted by Gasteiger charge is -2.13. The number of rotatable bonds is 2. The number of amidine groups is 1. The van der Waals surface area contributed by atoms with Crippen LogP contribution < -0.4 is 5.32 Å². The maximum Gasteiger partial charge on any atom is 0.156 e. The van der Waals surface area contributed by atoms with E-state index in [1.165, 1.54) is 5.56 Å². The summed E-state index contributed by atoms with van der Waals surface area (Å²) < 4.78 is 1.13. The quantitative estimate of drug-likeness (QED) is 0.903. The number of hydrogen-bond acceptors (Lipinski definition) is 3. The molecule has 4 heteroatoms. The van der Waals surface area contributed by atoms with Gasteiger partial charge in [0.25, 0.3) is 0 Å². The Balaban J connectivity index is 1.87. The van der Waals surface area contributed by atoms with Gasteiger partial charge in [-0.2, -0.15) is 0 Å². The largest absolute Gasteiger partial charge is 0.365 e. The summed E-state index contributed by atoms with van der Waals surface area (Å²) in [6, 6.07) is 8.43. The molecule has 0 aliphatic carbocycles. The van der Waals surface area contributed by atoms with Crippen LogP contribution in [0.1, 0.15) is 12.0 Å². The average molecular weight is 285 g/mol. The predicted octanol–water partition coefficient (Wildman–Crippen LogP) is 3.03. The van der Waals surface area contributed by atoms with Gasteiger partial charge < -0.3 is 5.32 Å². The van der Waals surface area contributed by atoms with Crippen molar-refractivity contribution < 1.29 is 0 Å². The highest BCUT2D eigenvalue weighted by Gasteiger charge is 2.04. The number of halogens is 1. The summed E-state index contributed by atoms with van der Waals surface area (Å²) in [5.74, 6) is 0.985. The van der Waals surface area contributed by atoms with Crippen LogP contribution in [0.2, 0.25) is 0 Å². The molecule has 1 N–H and O–H groups in total. The third kappa shape index (κ3) is 3.54. The summed E-state index contributed by atoms with van der Waals surface area (Å²) in [5.41, 5.74) is 1.33. The Kier molecular flexibility index (Phi) is 4.09. The first kappa shape index (κ1) is 11.0. The van der Waals surface area contributed by atoms with E-state index >= 15 is 0 Å². The van der Waals surface area contributed by atoms with E-state index < -0.39 is 0 Å². The minimum Gasteiger partial charge on any atom is -0.365 e. The van der Waals surface area contributed by atoms with Gasteiger partial charge in [0.15, 0.2) is 5.17 Å². The molecular formula is C11H13BrN2S. The highest BCUT2D eigenvalue weighted by atomic mass is 79.9. The average Bonchev–Trinajstić information content (AvgIpc) is 2.30. The van der Waals surface area contributed by atoms with Gasteiger partial charge in [0.2, 0.25) is 0 Å². The molecule has 0 radical (unpaired) electrons. The molecular weight excluding hydrogens is 272 g/mol. The van der Waals surface area contributed by atoms with E-state index in [2.05, 4.69) is 50.5 Å². The Morgan fingerprint density at radius 2 is 2.13 bits per heavy atom. The Morgan fingerprint density at radius 1 is 1.33 bits per heavy atom. The smallest absolute Gasteiger partial charge is 0.156 e. The Labute approximate surface area is 103 Å². The molecule has 0 amide bonds. The topological polar surface area (TPSA) is 24.4 Å². The molecule has 0 aromatic heterocycles. The Hall–Kier alpha value is -0.480. The standard InChI is InChI=1S/C11H13BrN2S/c12-10-4-2-9(3-5-10)8-15-11-13-6-1-7-14-11/h2-5H,1,6-8H2,(H,13,14).